The molecule has 146 valence electrons. The van der Waals surface area contributed by atoms with Gasteiger partial charge in [0.15, 0.2) is 5.13 Å². The van der Waals surface area contributed by atoms with E-state index in [9.17, 15) is 4.79 Å². The van der Waals surface area contributed by atoms with Crippen LogP contribution in [-0.4, -0.2) is 25.8 Å². The van der Waals surface area contributed by atoms with E-state index >= 15 is 0 Å². The Morgan fingerprint density at radius 1 is 0.900 bits per heavy atom. The number of hydrogen-bond donors (Lipinski definition) is 0. The number of aromatic nitrogens is 4. The number of anilines is 1. The van der Waals surface area contributed by atoms with Crippen LogP contribution in [0, 0.1) is 0 Å². The highest BCUT2D eigenvalue weighted by atomic mass is 35.5. The van der Waals surface area contributed by atoms with Crippen LogP contribution in [-0.2, 0) is 6.54 Å². The van der Waals surface area contributed by atoms with Crippen molar-refractivity contribution < 1.29 is 4.79 Å². The van der Waals surface area contributed by atoms with E-state index in [1.54, 1.807) is 47.8 Å². The Hall–Kier alpha value is -3.42. The zero-order chi connectivity index (χ0) is 20.5. The van der Waals surface area contributed by atoms with Gasteiger partial charge in [0.1, 0.15) is 0 Å². The second-order valence-electron chi connectivity index (χ2n) is 6.58. The Labute approximate surface area is 180 Å². The van der Waals surface area contributed by atoms with Crippen LogP contribution >= 0.6 is 22.9 Å². The number of fused-ring (bicyclic) bond motifs is 2. The molecule has 8 heteroatoms. The maximum atomic E-state index is 13.5. The minimum absolute atomic E-state index is 0.182. The molecule has 0 saturated heterocycles. The predicted molar refractivity (Wildman–Crippen MR) is 119 cm³/mol. The Kier molecular flexibility index (Phi) is 4.82. The van der Waals surface area contributed by atoms with Gasteiger partial charge in [-0.25, -0.2) is 4.98 Å². The molecular weight excluding hydrogens is 418 g/mol. The van der Waals surface area contributed by atoms with Gasteiger partial charge in [-0.2, -0.15) is 0 Å². The zero-order valence-corrected chi connectivity index (χ0v) is 17.1. The molecule has 0 N–H and O–H groups in total. The van der Waals surface area contributed by atoms with E-state index in [4.69, 9.17) is 11.6 Å². The predicted octanol–water partition coefficient (Wildman–Crippen LogP) is 5.13. The number of carbonyl (C=O) groups excluding carboxylic acids is 1. The maximum Gasteiger partial charge on any atom is 0.260 e. The number of benzene rings is 2. The highest BCUT2D eigenvalue weighted by Crippen LogP contribution is 2.32. The van der Waals surface area contributed by atoms with Crippen LogP contribution in [0.15, 0.2) is 73.2 Å². The van der Waals surface area contributed by atoms with Gasteiger partial charge in [0.2, 0.25) is 0 Å². The second-order valence-corrected chi connectivity index (χ2v) is 8.03. The summed E-state index contributed by atoms with van der Waals surface area (Å²) in [7, 11) is 0. The molecule has 5 aromatic rings. The Morgan fingerprint density at radius 3 is 2.57 bits per heavy atom. The molecule has 3 aromatic heterocycles. The van der Waals surface area contributed by atoms with Crippen LogP contribution in [0.5, 0.6) is 0 Å². The molecule has 1 amide bonds. The van der Waals surface area contributed by atoms with Gasteiger partial charge < -0.3 is 0 Å². The van der Waals surface area contributed by atoms with Gasteiger partial charge in [-0.05, 0) is 48.5 Å². The molecule has 0 unspecified atom stereocenters. The number of rotatable bonds is 4. The summed E-state index contributed by atoms with van der Waals surface area (Å²) in [5, 5.41) is 1.22. The van der Waals surface area contributed by atoms with Crippen LogP contribution < -0.4 is 4.90 Å². The summed E-state index contributed by atoms with van der Waals surface area (Å²) >= 11 is 7.55. The number of nitrogens with zero attached hydrogens (tertiary/aromatic N) is 5. The summed E-state index contributed by atoms with van der Waals surface area (Å²) < 4.78 is 0.917. The molecule has 30 heavy (non-hydrogen) atoms. The van der Waals surface area contributed by atoms with Gasteiger partial charge >= 0.3 is 0 Å². The highest BCUT2D eigenvalue weighted by molar-refractivity contribution is 7.22. The number of hydrogen-bond acceptors (Lipinski definition) is 6. The van der Waals surface area contributed by atoms with E-state index in [0.717, 1.165) is 21.4 Å². The number of thiazole rings is 1. The molecule has 0 radical (unpaired) electrons. The summed E-state index contributed by atoms with van der Waals surface area (Å²) in [5.41, 5.74) is 3.47. The first kappa shape index (κ1) is 18.6. The highest BCUT2D eigenvalue weighted by Gasteiger charge is 2.23. The molecule has 0 fully saturated rings. The molecule has 0 atom stereocenters. The van der Waals surface area contributed by atoms with Crippen LogP contribution in [0.1, 0.15) is 16.1 Å². The quantitative estimate of drug-likeness (QED) is 0.394. The van der Waals surface area contributed by atoms with E-state index in [1.807, 2.05) is 30.3 Å². The van der Waals surface area contributed by atoms with Gasteiger partial charge in [-0.1, -0.05) is 29.0 Å². The van der Waals surface area contributed by atoms with Gasteiger partial charge in [0, 0.05) is 29.2 Å². The Balaban J connectivity index is 1.59. The lowest BCUT2D eigenvalue weighted by Gasteiger charge is -2.19. The van der Waals surface area contributed by atoms with E-state index in [1.165, 1.54) is 11.3 Å². The third kappa shape index (κ3) is 3.60. The molecule has 6 nitrogen and oxygen atoms in total. The van der Waals surface area contributed by atoms with Crippen molar-refractivity contribution in [2.75, 3.05) is 4.90 Å². The summed E-state index contributed by atoms with van der Waals surface area (Å²) in [6, 6.07) is 16.4. The molecule has 2 aromatic carbocycles. The van der Waals surface area contributed by atoms with Crippen LogP contribution in [0.3, 0.4) is 0 Å². The Bertz CT molecular complexity index is 1370. The first-order chi connectivity index (χ1) is 14.7. The van der Waals surface area contributed by atoms with E-state index < -0.39 is 0 Å². The van der Waals surface area contributed by atoms with Crippen LogP contribution in [0.2, 0.25) is 5.02 Å². The lowest BCUT2D eigenvalue weighted by molar-refractivity contribution is 0.0985. The fraction of sp³-hybridized carbons (Fsp3) is 0.0455. The van der Waals surface area contributed by atoms with E-state index in [2.05, 4.69) is 19.9 Å². The van der Waals surface area contributed by atoms with Crippen molar-refractivity contribution in [3.05, 3.63) is 89.5 Å². The summed E-state index contributed by atoms with van der Waals surface area (Å²) in [6.07, 6.45) is 4.95. The third-order valence-corrected chi connectivity index (χ3v) is 5.85. The Morgan fingerprint density at radius 2 is 1.73 bits per heavy atom. The zero-order valence-electron chi connectivity index (χ0n) is 15.6. The molecular formula is C22H14ClN5OS. The molecule has 0 aliphatic carbocycles. The molecule has 3 heterocycles. The topological polar surface area (TPSA) is 71.9 Å². The number of amides is 1. The van der Waals surface area contributed by atoms with E-state index in [-0.39, 0.29) is 5.91 Å². The SMILES string of the molecule is O=C(c1ccc2nccnc2c1)N(Cc1ccccn1)c1nc2ccc(Cl)cc2s1. The monoisotopic (exact) mass is 431 g/mol. The van der Waals surface area contributed by atoms with Crippen molar-refractivity contribution in [2.24, 2.45) is 0 Å². The third-order valence-electron chi connectivity index (χ3n) is 4.58. The lowest BCUT2D eigenvalue weighted by Crippen LogP contribution is -2.30. The minimum atomic E-state index is -0.182. The average molecular weight is 432 g/mol. The standard InChI is InChI=1S/C22H14ClN5OS/c23-15-5-7-18-20(12-15)30-22(27-18)28(13-16-3-1-2-8-24-16)21(29)14-4-6-17-19(11-14)26-10-9-25-17/h1-12H,13H2. The number of halogens is 1. The van der Waals surface area contributed by atoms with Crippen LogP contribution in [0.25, 0.3) is 21.3 Å². The molecule has 0 aliphatic heterocycles. The second kappa shape index (κ2) is 7.78. The number of pyridine rings is 1. The van der Waals surface area contributed by atoms with Gasteiger partial charge in [-0.3, -0.25) is 24.6 Å². The van der Waals surface area contributed by atoms with E-state index in [0.29, 0.717) is 27.8 Å². The number of carbonyl (C=O) groups is 1. The summed E-state index contributed by atoms with van der Waals surface area (Å²) in [5.74, 6) is -0.182. The van der Waals surface area contributed by atoms with Gasteiger partial charge in [0.25, 0.3) is 5.91 Å². The summed E-state index contributed by atoms with van der Waals surface area (Å²) in [4.78, 5) is 32.8. The van der Waals surface area contributed by atoms with Crippen molar-refractivity contribution in [1.82, 2.24) is 19.9 Å². The molecule has 5 rings (SSSR count). The normalized spacial score (nSPS) is 11.1. The lowest BCUT2D eigenvalue weighted by atomic mass is 10.1. The molecule has 0 saturated carbocycles. The largest absolute Gasteiger partial charge is 0.278 e. The van der Waals surface area contributed by atoms with Crippen molar-refractivity contribution in [3.8, 4) is 0 Å². The molecule has 0 spiro atoms. The van der Waals surface area contributed by atoms with Crippen molar-refractivity contribution in [2.45, 2.75) is 6.54 Å². The maximum absolute atomic E-state index is 13.5. The van der Waals surface area contributed by atoms with Gasteiger partial charge in [-0.15, -0.1) is 0 Å². The van der Waals surface area contributed by atoms with Crippen molar-refractivity contribution in [1.29, 1.82) is 0 Å². The first-order valence-corrected chi connectivity index (χ1v) is 10.4. The van der Waals surface area contributed by atoms with Crippen molar-refractivity contribution in [3.63, 3.8) is 0 Å². The van der Waals surface area contributed by atoms with Gasteiger partial charge in [0.05, 0.1) is 33.5 Å². The minimum Gasteiger partial charge on any atom is -0.278 e. The first-order valence-electron chi connectivity index (χ1n) is 9.16. The van der Waals surface area contributed by atoms with Crippen LogP contribution in [0.4, 0.5) is 5.13 Å². The summed E-state index contributed by atoms with van der Waals surface area (Å²) in [6.45, 7) is 0.297. The van der Waals surface area contributed by atoms with Crippen molar-refractivity contribution >= 4 is 55.2 Å². The fourth-order valence-electron chi connectivity index (χ4n) is 3.13. The molecule has 0 bridgehead atoms. The molecule has 0 aliphatic rings. The fourth-order valence-corrected chi connectivity index (χ4v) is 4.37. The smallest absolute Gasteiger partial charge is 0.260 e. The average Bonchev–Trinajstić information content (AvgIpc) is 3.20.